The molecular weight excluding hydrogens is 280 g/mol. The minimum Gasteiger partial charge on any atom is -0.489 e. The molecule has 0 heterocycles. The minimum absolute atomic E-state index is 0.0615. The van der Waals surface area contributed by atoms with E-state index in [0.29, 0.717) is 0 Å². The van der Waals surface area contributed by atoms with Gasteiger partial charge >= 0.3 is 5.97 Å². The van der Waals surface area contributed by atoms with Crippen LogP contribution in [0.2, 0.25) is 5.02 Å². The highest BCUT2D eigenvalue weighted by Crippen LogP contribution is 2.36. The molecule has 0 saturated heterocycles. The number of carboxylic acids is 1. The lowest BCUT2D eigenvalue weighted by Gasteiger charge is -2.22. The SMILES string of the molecule is CC(C)Oc1cc(C(F)(F)C(N)C(=O)O)ccc1Cl. The molecule has 0 aliphatic heterocycles. The van der Waals surface area contributed by atoms with Crippen LogP contribution in [-0.2, 0) is 10.7 Å². The molecule has 0 bridgehead atoms. The molecule has 106 valence electrons. The number of ether oxygens (including phenoxy) is 1. The Balaban J connectivity index is 3.17. The third-order valence-corrected chi connectivity index (χ3v) is 2.65. The van der Waals surface area contributed by atoms with Gasteiger partial charge in [0.05, 0.1) is 11.1 Å². The summed E-state index contributed by atoms with van der Waals surface area (Å²) in [5.41, 5.74) is 4.44. The summed E-state index contributed by atoms with van der Waals surface area (Å²) in [4.78, 5) is 10.6. The number of carbonyl (C=O) groups is 1. The van der Waals surface area contributed by atoms with Crippen LogP contribution in [0.5, 0.6) is 5.75 Å². The maximum absolute atomic E-state index is 13.8. The molecule has 0 spiro atoms. The van der Waals surface area contributed by atoms with Crippen molar-refractivity contribution in [2.24, 2.45) is 5.73 Å². The third kappa shape index (κ3) is 3.54. The maximum Gasteiger partial charge on any atom is 0.327 e. The Bertz CT molecular complexity index is 480. The maximum atomic E-state index is 13.8. The molecule has 19 heavy (non-hydrogen) atoms. The summed E-state index contributed by atoms with van der Waals surface area (Å²) in [5.74, 6) is -5.44. The molecule has 1 rings (SSSR count). The molecule has 0 saturated carbocycles. The van der Waals surface area contributed by atoms with Crippen molar-refractivity contribution in [1.29, 1.82) is 0 Å². The predicted molar refractivity (Wildman–Crippen MR) is 66.7 cm³/mol. The van der Waals surface area contributed by atoms with Gasteiger partial charge in [-0.05, 0) is 26.0 Å². The zero-order valence-corrected chi connectivity index (χ0v) is 11.1. The average Bonchev–Trinajstić information content (AvgIpc) is 2.29. The van der Waals surface area contributed by atoms with Gasteiger partial charge in [-0.25, -0.2) is 0 Å². The molecule has 7 heteroatoms. The Kier molecular flexibility index (Phi) is 4.70. The first kappa shape index (κ1) is 15.7. The van der Waals surface area contributed by atoms with Gasteiger partial charge in [-0.2, -0.15) is 8.78 Å². The molecule has 1 atom stereocenters. The van der Waals surface area contributed by atoms with Crippen molar-refractivity contribution in [3.63, 3.8) is 0 Å². The second-order valence-corrected chi connectivity index (χ2v) is 4.66. The highest BCUT2D eigenvalue weighted by molar-refractivity contribution is 6.32. The first-order chi connectivity index (χ1) is 8.66. The van der Waals surface area contributed by atoms with E-state index in [1.54, 1.807) is 13.8 Å². The van der Waals surface area contributed by atoms with Gasteiger partial charge in [0.2, 0.25) is 0 Å². The summed E-state index contributed by atoms with van der Waals surface area (Å²) in [5, 5.41) is 8.75. The van der Waals surface area contributed by atoms with E-state index in [9.17, 15) is 13.6 Å². The van der Waals surface area contributed by atoms with Crippen LogP contribution in [0, 0.1) is 0 Å². The van der Waals surface area contributed by atoms with Crippen molar-refractivity contribution >= 4 is 17.6 Å². The van der Waals surface area contributed by atoms with Crippen LogP contribution in [-0.4, -0.2) is 23.2 Å². The molecule has 3 N–H and O–H groups in total. The topological polar surface area (TPSA) is 72.5 Å². The second kappa shape index (κ2) is 5.71. The van der Waals surface area contributed by atoms with Gasteiger partial charge in [0.25, 0.3) is 5.92 Å². The molecule has 1 aromatic carbocycles. The van der Waals surface area contributed by atoms with Crippen LogP contribution in [0.25, 0.3) is 0 Å². The highest BCUT2D eigenvalue weighted by atomic mass is 35.5. The fraction of sp³-hybridized carbons (Fsp3) is 0.417. The fourth-order valence-electron chi connectivity index (χ4n) is 1.39. The summed E-state index contributed by atoms with van der Waals surface area (Å²) in [7, 11) is 0. The summed E-state index contributed by atoms with van der Waals surface area (Å²) >= 11 is 5.82. The van der Waals surface area contributed by atoms with Gasteiger partial charge < -0.3 is 15.6 Å². The van der Waals surface area contributed by atoms with Crippen LogP contribution < -0.4 is 10.5 Å². The molecule has 0 fully saturated rings. The van der Waals surface area contributed by atoms with Gasteiger partial charge in [-0.1, -0.05) is 17.7 Å². The molecule has 0 amide bonds. The molecule has 1 unspecified atom stereocenters. The summed E-state index contributed by atoms with van der Waals surface area (Å²) < 4.78 is 33.0. The smallest absolute Gasteiger partial charge is 0.327 e. The minimum atomic E-state index is -3.72. The lowest BCUT2D eigenvalue weighted by Crippen LogP contribution is -2.45. The van der Waals surface area contributed by atoms with Crippen molar-refractivity contribution in [2.75, 3.05) is 0 Å². The van der Waals surface area contributed by atoms with E-state index in [4.69, 9.17) is 27.2 Å². The molecule has 1 aromatic rings. The molecule has 0 aromatic heterocycles. The predicted octanol–water partition coefficient (Wildman–Crippen LogP) is 2.63. The summed E-state index contributed by atoms with van der Waals surface area (Å²) in [6.07, 6.45) is -0.255. The number of alkyl halides is 2. The number of carboxylic acid groups (broad SMARTS) is 1. The molecule has 4 nitrogen and oxygen atoms in total. The number of halogens is 3. The molecular formula is C12H14ClF2NO3. The van der Waals surface area contributed by atoms with E-state index >= 15 is 0 Å². The van der Waals surface area contributed by atoms with Gasteiger partial charge in [0.15, 0.2) is 6.04 Å². The molecule has 0 aliphatic carbocycles. The van der Waals surface area contributed by atoms with Crippen molar-refractivity contribution in [2.45, 2.75) is 31.9 Å². The van der Waals surface area contributed by atoms with E-state index in [-0.39, 0.29) is 16.9 Å². The van der Waals surface area contributed by atoms with Crippen LogP contribution >= 0.6 is 11.6 Å². The van der Waals surface area contributed by atoms with E-state index < -0.39 is 23.5 Å². The summed E-state index contributed by atoms with van der Waals surface area (Å²) in [6, 6.07) is 0.918. The molecule has 0 radical (unpaired) electrons. The van der Waals surface area contributed by atoms with Gasteiger partial charge in [0.1, 0.15) is 5.75 Å². The zero-order valence-electron chi connectivity index (χ0n) is 10.4. The Hall–Kier alpha value is -1.40. The fourth-order valence-corrected chi connectivity index (χ4v) is 1.55. The second-order valence-electron chi connectivity index (χ2n) is 4.25. The Morgan fingerprint density at radius 3 is 2.53 bits per heavy atom. The number of benzene rings is 1. The number of aliphatic carboxylic acids is 1. The van der Waals surface area contributed by atoms with E-state index in [0.717, 1.165) is 12.1 Å². The van der Waals surface area contributed by atoms with Crippen LogP contribution in [0.15, 0.2) is 18.2 Å². The standard InChI is InChI=1S/C12H14ClF2NO3/c1-6(2)19-9-5-7(3-4-8(9)13)12(14,15)10(16)11(17)18/h3-6,10H,16H2,1-2H3,(H,17,18). The average molecular weight is 294 g/mol. The van der Waals surface area contributed by atoms with Gasteiger partial charge in [0, 0.05) is 5.56 Å². The van der Waals surface area contributed by atoms with Crippen LogP contribution in [0.4, 0.5) is 8.78 Å². The Morgan fingerprint density at radius 1 is 1.47 bits per heavy atom. The van der Waals surface area contributed by atoms with Crippen LogP contribution in [0.1, 0.15) is 19.4 Å². The van der Waals surface area contributed by atoms with Gasteiger partial charge in [-0.3, -0.25) is 4.79 Å². The first-order valence-electron chi connectivity index (χ1n) is 5.49. The zero-order chi connectivity index (χ0) is 14.8. The normalized spacial score (nSPS) is 13.4. The quantitative estimate of drug-likeness (QED) is 0.875. The van der Waals surface area contributed by atoms with Crippen molar-refractivity contribution in [1.82, 2.24) is 0 Å². The lowest BCUT2D eigenvalue weighted by atomic mass is 10.0. The van der Waals surface area contributed by atoms with Crippen molar-refractivity contribution < 1.29 is 23.4 Å². The number of hydrogen-bond acceptors (Lipinski definition) is 3. The Morgan fingerprint density at radius 2 is 2.05 bits per heavy atom. The first-order valence-corrected chi connectivity index (χ1v) is 5.87. The lowest BCUT2D eigenvalue weighted by molar-refractivity contribution is -0.149. The van der Waals surface area contributed by atoms with E-state index in [1.807, 2.05) is 0 Å². The number of nitrogens with two attached hydrogens (primary N) is 1. The van der Waals surface area contributed by atoms with Crippen molar-refractivity contribution in [3.05, 3.63) is 28.8 Å². The highest BCUT2D eigenvalue weighted by Gasteiger charge is 2.44. The third-order valence-electron chi connectivity index (χ3n) is 2.34. The number of hydrogen-bond donors (Lipinski definition) is 2. The Labute approximate surface area is 114 Å². The monoisotopic (exact) mass is 293 g/mol. The van der Waals surface area contributed by atoms with Crippen molar-refractivity contribution in [3.8, 4) is 5.75 Å². The van der Waals surface area contributed by atoms with Crippen LogP contribution in [0.3, 0.4) is 0 Å². The van der Waals surface area contributed by atoms with Gasteiger partial charge in [-0.15, -0.1) is 0 Å². The number of rotatable bonds is 5. The largest absolute Gasteiger partial charge is 0.489 e. The molecule has 0 aliphatic rings. The summed E-state index contributed by atoms with van der Waals surface area (Å²) in [6.45, 7) is 3.42. The van der Waals surface area contributed by atoms with E-state index in [1.165, 1.54) is 6.07 Å². The van der Waals surface area contributed by atoms with E-state index in [2.05, 4.69) is 0 Å².